The first kappa shape index (κ1) is 13.3. The van der Waals surface area contributed by atoms with Gasteiger partial charge >= 0.3 is 6.18 Å². The van der Waals surface area contributed by atoms with E-state index in [1.165, 1.54) is 0 Å². The van der Waals surface area contributed by atoms with Crippen LogP contribution in [0.1, 0.15) is 18.6 Å². The number of aromatic nitrogens is 2. The van der Waals surface area contributed by atoms with E-state index >= 15 is 0 Å². The fraction of sp³-hybridized carbons (Fsp3) is 0.750. The minimum atomic E-state index is -4.57. The fourth-order valence-electron chi connectivity index (χ4n) is 0.849. The van der Waals surface area contributed by atoms with Crippen LogP contribution in [0.3, 0.4) is 0 Å². The van der Waals surface area contributed by atoms with E-state index in [0.29, 0.717) is 18.1 Å². The Kier molecular flexibility index (Phi) is 4.60. The highest BCUT2D eigenvalue weighted by molar-refractivity contribution is 7.98. The van der Waals surface area contributed by atoms with Gasteiger partial charge in [-0.25, -0.2) is 0 Å². The maximum absolute atomic E-state index is 11.9. The first-order chi connectivity index (χ1) is 7.43. The number of rotatable bonds is 5. The highest BCUT2D eigenvalue weighted by Crippen LogP contribution is 2.23. The second-order valence-electron chi connectivity index (χ2n) is 3.03. The lowest BCUT2D eigenvalue weighted by Gasteiger charge is -2.12. The van der Waals surface area contributed by atoms with Crippen molar-refractivity contribution in [1.82, 2.24) is 10.1 Å². The molecule has 0 aliphatic carbocycles. The number of alkyl halides is 3. The molecular formula is C8H11F3N2O2S. The zero-order valence-electron chi connectivity index (χ0n) is 8.49. The van der Waals surface area contributed by atoms with E-state index in [-0.39, 0.29) is 5.75 Å². The molecule has 0 bridgehead atoms. The molecule has 1 atom stereocenters. The van der Waals surface area contributed by atoms with Gasteiger partial charge in [0.15, 0.2) is 11.9 Å². The Morgan fingerprint density at radius 2 is 2.19 bits per heavy atom. The molecule has 0 unspecified atom stereocenters. The van der Waals surface area contributed by atoms with Crippen LogP contribution in [0.25, 0.3) is 0 Å². The number of hydrogen-bond acceptors (Lipinski definition) is 5. The predicted octanol–water partition coefficient (Wildman–Crippen LogP) is 1.79. The summed E-state index contributed by atoms with van der Waals surface area (Å²) >= 11 is 0.910. The molecule has 0 aromatic carbocycles. The standard InChI is InChI=1S/C8H11F3N2O2S/c1-2-7-12-6(13-15-7)4-16-3-5(14)8(9,10)11/h5,14H,2-4H2,1H3/t5-/m1/s1. The van der Waals surface area contributed by atoms with Crippen LogP contribution in [0.4, 0.5) is 13.2 Å². The lowest BCUT2D eigenvalue weighted by Crippen LogP contribution is -2.30. The third-order valence-corrected chi connectivity index (χ3v) is 2.71. The molecule has 0 radical (unpaired) electrons. The lowest BCUT2D eigenvalue weighted by atomic mass is 10.4. The second-order valence-corrected chi connectivity index (χ2v) is 4.06. The SMILES string of the molecule is CCc1nc(CSC[C@@H](O)C(F)(F)F)no1. The van der Waals surface area contributed by atoms with Gasteiger partial charge in [-0.3, -0.25) is 0 Å². The Bertz CT molecular complexity index is 329. The predicted molar refractivity (Wildman–Crippen MR) is 51.9 cm³/mol. The summed E-state index contributed by atoms with van der Waals surface area (Å²) in [4.78, 5) is 3.93. The molecule has 0 aliphatic rings. The summed E-state index contributed by atoms with van der Waals surface area (Å²) in [5, 5.41) is 12.3. The van der Waals surface area contributed by atoms with Crippen molar-refractivity contribution in [1.29, 1.82) is 0 Å². The number of hydrogen-bond donors (Lipinski definition) is 1. The van der Waals surface area contributed by atoms with Crippen LogP contribution < -0.4 is 0 Å². The molecule has 0 fully saturated rings. The van der Waals surface area contributed by atoms with Crippen LogP contribution in [-0.4, -0.2) is 33.3 Å². The number of aryl methyl sites for hydroxylation is 1. The quantitative estimate of drug-likeness (QED) is 0.870. The molecule has 92 valence electrons. The van der Waals surface area contributed by atoms with Gasteiger partial charge in [-0.1, -0.05) is 12.1 Å². The number of aliphatic hydroxyl groups excluding tert-OH is 1. The van der Waals surface area contributed by atoms with Crippen molar-refractivity contribution >= 4 is 11.8 Å². The van der Waals surface area contributed by atoms with Crippen molar-refractivity contribution in [2.24, 2.45) is 0 Å². The second kappa shape index (κ2) is 5.53. The van der Waals surface area contributed by atoms with Crippen LogP contribution in [0, 0.1) is 0 Å². The molecule has 4 nitrogen and oxygen atoms in total. The molecule has 1 heterocycles. The van der Waals surface area contributed by atoms with E-state index in [2.05, 4.69) is 10.1 Å². The van der Waals surface area contributed by atoms with Crippen molar-refractivity contribution in [2.45, 2.75) is 31.4 Å². The summed E-state index contributed by atoms with van der Waals surface area (Å²) in [6, 6.07) is 0. The molecule has 0 saturated carbocycles. The fourth-order valence-corrected chi connectivity index (χ4v) is 1.68. The Hall–Kier alpha value is -0.760. The summed E-state index contributed by atoms with van der Waals surface area (Å²) < 4.78 is 40.5. The summed E-state index contributed by atoms with van der Waals surface area (Å²) in [5.74, 6) is 0.555. The maximum Gasteiger partial charge on any atom is 0.415 e. The molecular weight excluding hydrogens is 245 g/mol. The zero-order chi connectivity index (χ0) is 12.2. The first-order valence-electron chi connectivity index (χ1n) is 4.57. The summed E-state index contributed by atoms with van der Waals surface area (Å²) in [7, 11) is 0. The van der Waals surface area contributed by atoms with Crippen molar-refractivity contribution in [2.75, 3.05) is 5.75 Å². The number of nitrogens with zero attached hydrogens (tertiary/aromatic N) is 2. The minimum Gasteiger partial charge on any atom is -0.383 e. The zero-order valence-corrected chi connectivity index (χ0v) is 9.31. The molecule has 1 rings (SSSR count). The third-order valence-electron chi connectivity index (χ3n) is 1.70. The van der Waals surface area contributed by atoms with Crippen molar-refractivity contribution in [3.8, 4) is 0 Å². The van der Waals surface area contributed by atoms with Crippen LogP contribution in [0.2, 0.25) is 0 Å². The molecule has 0 saturated heterocycles. The van der Waals surface area contributed by atoms with Crippen LogP contribution >= 0.6 is 11.8 Å². The molecule has 0 spiro atoms. The highest BCUT2D eigenvalue weighted by atomic mass is 32.2. The van der Waals surface area contributed by atoms with E-state index in [1.54, 1.807) is 0 Å². The minimum absolute atomic E-state index is 0.191. The first-order valence-corrected chi connectivity index (χ1v) is 5.73. The van der Waals surface area contributed by atoms with Crippen LogP contribution in [0.15, 0.2) is 4.52 Å². The van der Waals surface area contributed by atoms with Gasteiger partial charge in [0.1, 0.15) is 0 Å². The van der Waals surface area contributed by atoms with Gasteiger partial charge in [-0.15, -0.1) is 0 Å². The summed E-state index contributed by atoms with van der Waals surface area (Å²) in [6.45, 7) is 1.83. The Morgan fingerprint density at radius 3 is 2.69 bits per heavy atom. The van der Waals surface area contributed by atoms with Crippen molar-refractivity contribution < 1.29 is 22.8 Å². The van der Waals surface area contributed by atoms with E-state index in [9.17, 15) is 13.2 Å². The summed E-state index contributed by atoms with van der Waals surface area (Å²) in [6.07, 6.45) is -6.29. The number of thioether (sulfide) groups is 1. The number of aliphatic hydroxyl groups is 1. The largest absolute Gasteiger partial charge is 0.415 e. The molecule has 16 heavy (non-hydrogen) atoms. The van der Waals surface area contributed by atoms with Gasteiger partial charge in [0, 0.05) is 12.2 Å². The van der Waals surface area contributed by atoms with Crippen molar-refractivity contribution in [3.05, 3.63) is 11.7 Å². The lowest BCUT2D eigenvalue weighted by molar-refractivity contribution is -0.195. The molecule has 0 amide bonds. The summed E-state index contributed by atoms with van der Waals surface area (Å²) in [5.41, 5.74) is 0. The van der Waals surface area contributed by atoms with Gasteiger partial charge < -0.3 is 9.63 Å². The average Bonchev–Trinajstić information content (AvgIpc) is 2.64. The van der Waals surface area contributed by atoms with Gasteiger partial charge in [-0.2, -0.15) is 29.9 Å². The van der Waals surface area contributed by atoms with Gasteiger partial charge in [0.05, 0.1) is 5.75 Å². The van der Waals surface area contributed by atoms with Crippen LogP contribution in [0.5, 0.6) is 0 Å². The van der Waals surface area contributed by atoms with Gasteiger partial charge in [-0.05, 0) is 0 Å². The molecule has 0 aliphatic heterocycles. The molecule has 1 aromatic heterocycles. The smallest absolute Gasteiger partial charge is 0.383 e. The average molecular weight is 256 g/mol. The number of halogens is 3. The van der Waals surface area contributed by atoms with E-state index < -0.39 is 18.0 Å². The van der Waals surface area contributed by atoms with Gasteiger partial charge in [0.25, 0.3) is 0 Å². The normalized spacial score (nSPS) is 14.1. The maximum atomic E-state index is 11.9. The van der Waals surface area contributed by atoms with Gasteiger partial charge in [0.2, 0.25) is 5.89 Å². The molecule has 1 aromatic rings. The van der Waals surface area contributed by atoms with E-state index in [1.807, 2.05) is 6.92 Å². The van der Waals surface area contributed by atoms with Crippen molar-refractivity contribution in [3.63, 3.8) is 0 Å². The Morgan fingerprint density at radius 1 is 1.50 bits per heavy atom. The third kappa shape index (κ3) is 4.01. The molecule has 1 N–H and O–H groups in total. The Balaban J connectivity index is 2.30. The topological polar surface area (TPSA) is 59.2 Å². The monoisotopic (exact) mass is 256 g/mol. The van der Waals surface area contributed by atoms with Crippen LogP contribution in [-0.2, 0) is 12.2 Å². The van der Waals surface area contributed by atoms with E-state index in [4.69, 9.17) is 9.63 Å². The van der Waals surface area contributed by atoms with E-state index in [0.717, 1.165) is 11.8 Å². The Labute approximate surface area is 94.2 Å². The highest BCUT2D eigenvalue weighted by Gasteiger charge is 2.37. The molecule has 8 heteroatoms.